The fourth-order valence-electron chi connectivity index (χ4n) is 5.25. The smallest absolute Gasteiger partial charge is 0.227 e. The highest BCUT2D eigenvalue weighted by atomic mass is 16.5. The molecule has 1 aliphatic rings. The van der Waals surface area contributed by atoms with Crippen molar-refractivity contribution in [3.63, 3.8) is 0 Å². The molecular formula is C30H30N2O3. The highest BCUT2D eigenvalue weighted by Gasteiger charge is 2.31. The van der Waals surface area contributed by atoms with Crippen molar-refractivity contribution in [2.75, 3.05) is 20.8 Å². The summed E-state index contributed by atoms with van der Waals surface area (Å²) in [5.74, 6) is 1.50. The van der Waals surface area contributed by atoms with E-state index in [4.69, 9.17) is 14.5 Å². The van der Waals surface area contributed by atoms with Gasteiger partial charge >= 0.3 is 0 Å². The molecule has 5 nitrogen and oxygen atoms in total. The number of carbonyl (C=O) groups excluding carboxylic acids is 1. The third kappa shape index (κ3) is 4.34. The summed E-state index contributed by atoms with van der Waals surface area (Å²) in [6, 6.07) is 24.5. The molecule has 4 aromatic rings. The summed E-state index contributed by atoms with van der Waals surface area (Å²) in [5.41, 5.74) is 6.13. The Hall–Kier alpha value is -3.86. The van der Waals surface area contributed by atoms with Gasteiger partial charge in [0.2, 0.25) is 5.91 Å². The first-order chi connectivity index (χ1) is 17.1. The second kappa shape index (κ2) is 9.79. The highest BCUT2D eigenvalue weighted by Crippen LogP contribution is 2.38. The molecule has 0 spiro atoms. The Morgan fingerprint density at radius 2 is 1.71 bits per heavy atom. The molecule has 35 heavy (non-hydrogen) atoms. The molecule has 0 N–H and O–H groups in total. The molecule has 1 unspecified atom stereocenters. The van der Waals surface area contributed by atoms with E-state index < -0.39 is 0 Å². The SMILES string of the molecule is COc1ccc(C2CCCN2C(=O)Cc2c(C)nc3ccccc3c2-c2ccccc2)cc1OC. The molecule has 3 aromatic carbocycles. The number of methoxy groups -OCH3 is 2. The van der Waals surface area contributed by atoms with Crippen molar-refractivity contribution in [2.45, 2.75) is 32.2 Å². The van der Waals surface area contributed by atoms with Crippen molar-refractivity contribution in [3.8, 4) is 22.6 Å². The minimum absolute atomic E-state index is 0.0243. The van der Waals surface area contributed by atoms with Crippen LogP contribution >= 0.6 is 0 Å². The van der Waals surface area contributed by atoms with Crippen molar-refractivity contribution in [1.82, 2.24) is 9.88 Å². The monoisotopic (exact) mass is 466 g/mol. The number of aromatic nitrogens is 1. The molecule has 1 aromatic heterocycles. The van der Waals surface area contributed by atoms with Gasteiger partial charge in [-0.25, -0.2) is 0 Å². The molecule has 2 heterocycles. The second-order valence-electron chi connectivity index (χ2n) is 8.97. The van der Waals surface area contributed by atoms with Gasteiger partial charge in [-0.2, -0.15) is 0 Å². The molecule has 5 heteroatoms. The van der Waals surface area contributed by atoms with Crippen LogP contribution in [0.4, 0.5) is 0 Å². The lowest BCUT2D eigenvalue weighted by Crippen LogP contribution is -2.32. The number of amides is 1. The molecule has 0 bridgehead atoms. The standard InChI is InChI=1S/C30H30N2O3/c1-20-24(30(21-10-5-4-6-11-21)23-12-7-8-13-25(23)31-20)19-29(33)32-17-9-14-26(32)22-15-16-27(34-2)28(18-22)35-3/h4-8,10-13,15-16,18,26H,9,14,17,19H2,1-3H3. The molecule has 0 saturated carbocycles. The number of rotatable bonds is 6. The van der Waals surface area contributed by atoms with Crippen LogP contribution < -0.4 is 9.47 Å². The van der Waals surface area contributed by atoms with Crippen LogP contribution in [0.2, 0.25) is 0 Å². The van der Waals surface area contributed by atoms with Gasteiger partial charge in [0.25, 0.3) is 0 Å². The molecule has 5 rings (SSSR count). The van der Waals surface area contributed by atoms with Crippen molar-refractivity contribution in [3.05, 3.63) is 89.6 Å². The molecule has 178 valence electrons. The molecule has 0 radical (unpaired) electrons. The molecule has 1 saturated heterocycles. The van der Waals surface area contributed by atoms with Crippen LogP contribution in [0.5, 0.6) is 11.5 Å². The van der Waals surface area contributed by atoms with Gasteiger partial charge in [-0.3, -0.25) is 9.78 Å². The lowest BCUT2D eigenvalue weighted by molar-refractivity contribution is -0.131. The maximum absolute atomic E-state index is 13.8. The van der Waals surface area contributed by atoms with Gasteiger partial charge in [0, 0.05) is 17.6 Å². The maximum Gasteiger partial charge on any atom is 0.227 e. The molecule has 1 aliphatic heterocycles. The lowest BCUT2D eigenvalue weighted by atomic mass is 9.92. The van der Waals surface area contributed by atoms with Gasteiger partial charge < -0.3 is 14.4 Å². The average Bonchev–Trinajstić information content (AvgIpc) is 3.39. The number of fused-ring (bicyclic) bond motifs is 1. The lowest BCUT2D eigenvalue weighted by Gasteiger charge is -2.27. The first kappa shape index (κ1) is 22.9. The van der Waals surface area contributed by atoms with Gasteiger partial charge in [-0.1, -0.05) is 54.6 Å². The van der Waals surface area contributed by atoms with E-state index in [9.17, 15) is 4.79 Å². The van der Waals surface area contributed by atoms with E-state index in [0.29, 0.717) is 17.9 Å². The van der Waals surface area contributed by atoms with Gasteiger partial charge in [0.15, 0.2) is 11.5 Å². The van der Waals surface area contributed by atoms with E-state index in [1.165, 1.54) is 0 Å². The maximum atomic E-state index is 13.8. The van der Waals surface area contributed by atoms with E-state index >= 15 is 0 Å². The predicted molar refractivity (Wildman–Crippen MR) is 139 cm³/mol. The predicted octanol–water partition coefficient (Wildman–Crippen LogP) is 6.13. The first-order valence-corrected chi connectivity index (χ1v) is 12.1. The third-order valence-electron chi connectivity index (χ3n) is 6.96. The molecule has 1 atom stereocenters. The number of para-hydroxylation sites is 1. The van der Waals surface area contributed by atoms with Gasteiger partial charge in [-0.15, -0.1) is 0 Å². The van der Waals surface area contributed by atoms with Gasteiger partial charge in [-0.05, 0) is 60.2 Å². The zero-order chi connectivity index (χ0) is 24.4. The Balaban J connectivity index is 1.52. The summed E-state index contributed by atoms with van der Waals surface area (Å²) in [6.07, 6.45) is 2.23. The van der Waals surface area contributed by atoms with Crippen molar-refractivity contribution < 1.29 is 14.3 Å². The zero-order valence-electron chi connectivity index (χ0n) is 20.5. The fourth-order valence-corrected chi connectivity index (χ4v) is 5.25. The number of aryl methyl sites for hydroxylation is 1. The normalized spacial score (nSPS) is 15.4. The molecule has 0 aliphatic carbocycles. The number of likely N-dealkylation sites (tertiary alicyclic amines) is 1. The van der Waals surface area contributed by atoms with Crippen molar-refractivity contribution >= 4 is 16.8 Å². The van der Waals surface area contributed by atoms with Crippen LogP contribution in [0.15, 0.2) is 72.8 Å². The summed E-state index contributed by atoms with van der Waals surface area (Å²) in [6.45, 7) is 2.76. The Kier molecular flexibility index (Phi) is 6.41. The number of ether oxygens (including phenoxy) is 2. The number of carbonyl (C=O) groups is 1. The topological polar surface area (TPSA) is 51.7 Å². The van der Waals surface area contributed by atoms with E-state index in [-0.39, 0.29) is 11.9 Å². The van der Waals surface area contributed by atoms with E-state index in [1.54, 1.807) is 14.2 Å². The molecule has 1 fully saturated rings. The van der Waals surface area contributed by atoms with Crippen LogP contribution in [-0.4, -0.2) is 36.6 Å². The van der Waals surface area contributed by atoms with Gasteiger partial charge in [0.1, 0.15) is 0 Å². The number of hydrogen-bond donors (Lipinski definition) is 0. The summed E-state index contributed by atoms with van der Waals surface area (Å²) in [5, 5.41) is 1.07. The summed E-state index contributed by atoms with van der Waals surface area (Å²) < 4.78 is 10.9. The largest absolute Gasteiger partial charge is 0.493 e. The average molecular weight is 467 g/mol. The van der Waals surface area contributed by atoms with E-state index in [0.717, 1.165) is 58.2 Å². The highest BCUT2D eigenvalue weighted by molar-refractivity contribution is 5.98. The third-order valence-corrected chi connectivity index (χ3v) is 6.96. The Bertz CT molecular complexity index is 1370. The van der Waals surface area contributed by atoms with Crippen LogP contribution in [0.25, 0.3) is 22.0 Å². The number of hydrogen-bond acceptors (Lipinski definition) is 4. The minimum Gasteiger partial charge on any atom is -0.493 e. The minimum atomic E-state index is 0.0243. The molecule has 1 amide bonds. The van der Waals surface area contributed by atoms with Crippen molar-refractivity contribution in [1.29, 1.82) is 0 Å². The van der Waals surface area contributed by atoms with Gasteiger partial charge in [0.05, 0.1) is 32.2 Å². The Morgan fingerprint density at radius 3 is 2.49 bits per heavy atom. The van der Waals surface area contributed by atoms with Crippen LogP contribution in [-0.2, 0) is 11.2 Å². The second-order valence-corrected chi connectivity index (χ2v) is 8.97. The number of nitrogens with zero attached hydrogens (tertiary/aromatic N) is 2. The molecular weight excluding hydrogens is 436 g/mol. The summed E-state index contributed by atoms with van der Waals surface area (Å²) in [4.78, 5) is 20.7. The van der Waals surface area contributed by atoms with Crippen LogP contribution in [0, 0.1) is 6.92 Å². The van der Waals surface area contributed by atoms with Crippen LogP contribution in [0.1, 0.15) is 35.7 Å². The Labute approximate surface area is 206 Å². The van der Waals surface area contributed by atoms with E-state index in [1.807, 2.05) is 66.4 Å². The fraction of sp³-hybridized carbons (Fsp3) is 0.267. The van der Waals surface area contributed by atoms with E-state index in [2.05, 4.69) is 18.2 Å². The Morgan fingerprint density at radius 1 is 0.971 bits per heavy atom. The zero-order valence-corrected chi connectivity index (χ0v) is 20.5. The number of benzene rings is 3. The summed E-state index contributed by atoms with van der Waals surface area (Å²) in [7, 11) is 3.27. The van der Waals surface area contributed by atoms with Crippen molar-refractivity contribution in [2.24, 2.45) is 0 Å². The van der Waals surface area contributed by atoms with Crippen LogP contribution in [0.3, 0.4) is 0 Å². The first-order valence-electron chi connectivity index (χ1n) is 12.1. The quantitative estimate of drug-likeness (QED) is 0.343. The summed E-state index contributed by atoms with van der Waals surface area (Å²) >= 11 is 0. The number of pyridine rings is 1.